The monoisotopic (exact) mass is 217 g/mol. The number of ether oxygens (including phenoxy) is 1. The van der Waals surface area contributed by atoms with Gasteiger partial charge in [-0.3, -0.25) is 0 Å². The molecule has 4 nitrogen and oxygen atoms in total. The van der Waals surface area contributed by atoms with Crippen LogP contribution in [0.2, 0.25) is 5.02 Å². The van der Waals surface area contributed by atoms with Gasteiger partial charge in [-0.1, -0.05) is 11.6 Å². The van der Waals surface area contributed by atoms with Crippen molar-refractivity contribution in [2.45, 2.75) is 6.10 Å². The Hall–Kier alpha value is -0.970. The van der Waals surface area contributed by atoms with E-state index >= 15 is 0 Å². The number of aliphatic hydroxyl groups excluding tert-OH is 2. The molecule has 14 heavy (non-hydrogen) atoms. The highest BCUT2D eigenvalue weighted by molar-refractivity contribution is 6.30. The summed E-state index contributed by atoms with van der Waals surface area (Å²) in [6, 6.07) is 4.81. The smallest absolute Gasteiger partial charge is 0.142 e. The Morgan fingerprint density at radius 2 is 2.21 bits per heavy atom. The normalized spacial score (nSPS) is 12.5. The third kappa shape index (κ3) is 3.06. The molecule has 78 valence electrons. The topological polar surface area (TPSA) is 75.7 Å². The van der Waals surface area contributed by atoms with E-state index in [2.05, 4.69) is 0 Å². The van der Waals surface area contributed by atoms with Crippen LogP contribution in [-0.2, 0) is 0 Å². The zero-order chi connectivity index (χ0) is 10.6. The average molecular weight is 218 g/mol. The molecule has 4 N–H and O–H groups in total. The van der Waals surface area contributed by atoms with E-state index < -0.39 is 6.10 Å². The lowest BCUT2D eigenvalue weighted by atomic mass is 10.3. The Kier molecular flexibility index (Phi) is 4.00. The molecule has 0 amide bonds. The zero-order valence-electron chi connectivity index (χ0n) is 7.48. The summed E-state index contributed by atoms with van der Waals surface area (Å²) in [6.07, 6.45) is -0.898. The lowest BCUT2D eigenvalue weighted by Gasteiger charge is -2.11. The van der Waals surface area contributed by atoms with Gasteiger partial charge in [-0.15, -0.1) is 0 Å². The summed E-state index contributed by atoms with van der Waals surface area (Å²) in [5.41, 5.74) is 6.00. The second-order valence-electron chi connectivity index (χ2n) is 2.83. The Morgan fingerprint density at radius 3 is 2.79 bits per heavy atom. The molecule has 0 spiro atoms. The fourth-order valence-corrected chi connectivity index (χ4v) is 1.07. The van der Waals surface area contributed by atoms with E-state index in [1.54, 1.807) is 18.2 Å². The summed E-state index contributed by atoms with van der Waals surface area (Å²) in [5, 5.41) is 18.1. The fourth-order valence-electron chi connectivity index (χ4n) is 0.889. The molecule has 0 heterocycles. The van der Waals surface area contributed by atoms with Crippen molar-refractivity contribution in [3.63, 3.8) is 0 Å². The number of aliphatic hydroxyl groups is 2. The fraction of sp³-hybridized carbons (Fsp3) is 0.333. The first-order valence-electron chi connectivity index (χ1n) is 4.10. The molecule has 1 aromatic carbocycles. The number of rotatable bonds is 4. The van der Waals surface area contributed by atoms with Crippen LogP contribution in [0.1, 0.15) is 0 Å². The van der Waals surface area contributed by atoms with Crippen LogP contribution >= 0.6 is 11.6 Å². The second-order valence-corrected chi connectivity index (χ2v) is 3.27. The van der Waals surface area contributed by atoms with E-state index in [-0.39, 0.29) is 13.2 Å². The quantitative estimate of drug-likeness (QED) is 0.648. The van der Waals surface area contributed by atoms with Crippen LogP contribution in [0.3, 0.4) is 0 Å². The maximum Gasteiger partial charge on any atom is 0.142 e. The summed E-state index contributed by atoms with van der Waals surface area (Å²) in [7, 11) is 0. The molecule has 1 atom stereocenters. The van der Waals surface area contributed by atoms with Crippen molar-refractivity contribution < 1.29 is 14.9 Å². The van der Waals surface area contributed by atoms with E-state index in [4.69, 9.17) is 32.3 Å². The number of nitrogens with two attached hydrogens (primary N) is 1. The number of anilines is 1. The average Bonchev–Trinajstić information content (AvgIpc) is 2.16. The standard InChI is InChI=1S/C9H12ClNO3/c10-6-1-2-9(8(11)3-6)14-5-7(13)4-12/h1-3,7,12-13H,4-5,11H2/t7-/m1/s1. The van der Waals surface area contributed by atoms with Crippen molar-refractivity contribution in [1.82, 2.24) is 0 Å². The largest absolute Gasteiger partial charge is 0.489 e. The van der Waals surface area contributed by atoms with Crippen molar-refractivity contribution in [1.29, 1.82) is 0 Å². The SMILES string of the molecule is Nc1cc(Cl)ccc1OC[C@H](O)CO. The van der Waals surface area contributed by atoms with E-state index in [9.17, 15) is 0 Å². The molecule has 0 aliphatic heterocycles. The Morgan fingerprint density at radius 1 is 1.50 bits per heavy atom. The van der Waals surface area contributed by atoms with Crippen molar-refractivity contribution in [2.75, 3.05) is 18.9 Å². The van der Waals surface area contributed by atoms with Crippen LogP contribution in [0.4, 0.5) is 5.69 Å². The van der Waals surface area contributed by atoms with Crippen LogP contribution in [0.15, 0.2) is 18.2 Å². The van der Waals surface area contributed by atoms with Crippen LogP contribution in [0, 0.1) is 0 Å². The first kappa shape index (κ1) is 11.1. The summed E-state index contributed by atoms with van der Waals surface area (Å²) in [4.78, 5) is 0. The van der Waals surface area contributed by atoms with Gasteiger partial charge in [0, 0.05) is 5.02 Å². The van der Waals surface area contributed by atoms with E-state index in [0.29, 0.717) is 16.5 Å². The van der Waals surface area contributed by atoms with Gasteiger partial charge in [0.2, 0.25) is 0 Å². The third-order valence-electron chi connectivity index (χ3n) is 1.61. The van der Waals surface area contributed by atoms with E-state index in [1.807, 2.05) is 0 Å². The molecule has 0 unspecified atom stereocenters. The molecule has 0 aromatic heterocycles. The molecule has 0 saturated heterocycles. The first-order valence-corrected chi connectivity index (χ1v) is 4.48. The molecular weight excluding hydrogens is 206 g/mol. The van der Waals surface area contributed by atoms with Crippen LogP contribution in [0.5, 0.6) is 5.75 Å². The highest BCUT2D eigenvalue weighted by atomic mass is 35.5. The first-order chi connectivity index (χ1) is 6.63. The maximum atomic E-state index is 9.02. The van der Waals surface area contributed by atoms with Crippen LogP contribution in [-0.4, -0.2) is 29.5 Å². The highest BCUT2D eigenvalue weighted by Gasteiger charge is 2.05. The molecule has 5 heteroatoms. The minimum atomic E-state index is -0.898. The third-order valence-corrected chi connectivity index (χ3v) is 1.85. The van der Waals surface area contributed by atoms with Crippen molar-refractivity contribution in [3.8, 4) is 5.75 Å². The molecule has 0 aliphatic carbocycles. The zero-order valence-corrected chi connectivity index (χ0v) is 8.24. The lowest BCUT2D eigenvalue weighted by molar-refractivity contribution is 0.0538. The maximum absolute atomic E-state index is 9.02. The van der Waals surface area contributed by atoms with Gasteiger partial charge in [-0.25, -0.2) is 0 Å². The molecule has 1 aromatic rings. The molecule has 0 aliphatic rings. The Bertz CT molecular complexity index is 306. The number of hydrogen-bond acceptors (Lipinski definition) is 4. The number of benzene rings is 1. The second kappa shape index (κ2) is 5.05. The minimum Gasteiger partial charge on any atom is -0.489 e. The van der Waals surface area contributed by atoms with Crippen LogP contribution in [0.25, 0.3) is 0 Å². The summed E-state index contributed by atoms with van der Waals surface area (Å²) < 4.78 is 5.15. The van der Waals surface area contributed by atoms with Crippen molar-refractivity contribution >= 4 is 17.3 Å². The summed E-state index contributed by atoms with van der Waals surface area (Å²) >= 11 is 5.68. The molecular formula is C9H12ClNO3. The predicted octanol–water partition coefficient (Wildman–Crippen LogP) is 0.654. The van der Waals surface area contributed by atoms with Crippen LogP contribution < -0.4 is 10.5 Å². The van der Waals surface area contributed by atoms with Crippen molar-refractivity contribution in [3.05, 3.63) is 23.2 Å². The number of halogens is 1. The van der Waals surface area contributed by atoms with E-state index in [0.717, 1.165) is 0 Å². The molecule has 0 radical (unpaired) electrons. The van der Waals surface area contributed by atoms with Gasteiger partial charge in [-0.2, -0.15) is 0 Å². The van der Waals surface area contributed by atoms with Gasteiger partial charge in [0.15, 0.2) is 0 Å². The predicted molar refractivity (Wildman–Crippen MR) is 54.5 cm³/mol. The van der Waals surface area contributed by atoms with Gasteiger partial charge in [0.05, 0.1) is 12.3 Å². The number of nitrogen functional groups attached to an aromatic ring is 1. The molecule has 0 bridgehead atoms. The lowest BCUT2D eigenvalue weighted by Crippen LogP contribution is -2.21. The van der Waals surface area contributed by atoms with E-state index in [1.165, 1.54) is 0 Å². The Balaban J connectivity index is 2.59. The summed E-state index contributed by atoms with van der Waals surface area (Å²) in [5.74, 6) is 0.446. The van der Waals surface area contributed by atoms with Gasteiger partial charge in [-0.05, 0) is 18.2 Å². The van der Waals surface area contributed by atoms with Gasteiger partial charge in [0.25, 0.3) is 0 Å². The number of hydrogen-bond donors (Lipinski definition) is 3. The molecule has 0 saturated carbocycles. The molecule has 1 rings (SSSR count). The van der Waals surface area contributed by atoms with Crippen molar-refractivity contribution in [2.24, 2.45) is 0 Å². The minimum absolute atomic E-state index is 0.00231. The summed E-state index contributed by atoms with van der Waals surface area (Å²) in [6.45, 7) is -0.337. The Labute approximate surface area is 86.9 Å². The van der Waals surface area contributed by atoms with Gasteiger partial charge in [0.1, 0.15) is 18.5 Å². The highest BCUT2D eigenvalue weighted by Crippen LogP contribution is 2.24. The molecule has 0 fully saturated rings. The van der Waals surface area contributed by atoms with Gasteiger partial charge < -0.3 is 20.7 Å². The van der Waals surface area contributed by atoms with Gasteiger partial charge >= 0.3 is 0 Å².